The lowest BCUT2D eigenvalue weighted by molar-refractivity contribution is 0.0465. The molecule has 0 aliphatic heterocycles. The van der Waals surface area contributed by atoms with Crippen molar-refractivity contribution < 1.29 is 19.1 Å². The Morgan fingerprint density at radius 1 is 1.04 bits per heavy atom. The van der Waals surface area contributed by atoms with Crippen molar-refractivity contribution in [2.24, 2.45) is 7.05 Å². The van der Waals surface area contributed by atoms with Crippen molar-refractivity contribution >= 4 is 17.5 Å². The molecule has 0 radical (unpaired) electrons. The van der Waals surface area contributed by atoms with Gasteiger partial charge in [-0.3, -0.25) is 9.59 Å². The summed E-state index contributed by atoms with van der Waals surface area (Å²) in [5.41, 5.74) is 3.86. The van der Waals surface area contributed by atoms with Crippen LogP contribution in [0, 0.1) is 13.8 Å². The number of carbonyl (C=O) groups excluding carboxylic acids is 3. The molecule has 0 spiro atoms. The second-order valence-electron chi connectivity index (χ2n) is 6.74. The van der Waals surface area contributed by atoms with Gasteiger partial charge in [0.25, 0.3) is 0 Å². The van der Waals surface area contributed by atoms with Crippen LogP contribution in [0.3, 0.4) is 0 Å². The van der Waals surface area contributed by atoms with Crippen LogP contribution in [0.2, 0.25) is 0 Å². The predicted octanol–water partition coefficient (Wildman–Crippen LogP) is 3.67. The molecule has 2 aromatic heterocycles. The highest BCUT2D eigenvalue weighted by Gasteiger charge is 2.20. The average molecular weight is 378 g/mol. The number of aryl methyl sites for hydroxylation is 2. The van der Waals surface area contributed by atoms with Crippen LogP contribution in [-0.4, -0.2) is 33.3 Å². The van der Waals surface area contributed by atoms with Crippen LogP contribution in [0.1, 0.15) is 49.5 Å². The third-order valence-corrected chi connectivity index (χ3v) is 4.70. The Hall–Kier alpha value is -3.41. The minimum Gasteiger partial charge on any atom is -0.453 e. The molecule has 0 N–H and O–H groups in total. The Bertz CT molecular complexity index is 1060. The Kier molecular flexibility index (Phi) is 5.31. The topological polar surface area (TPSA) is 70.3 Å². The van der Waals surface area contributed by atoms with Crippen molar-refractivity contribution in [1.82, 2.24) is 9.13 Å². The second kappa shape index (κ2) is 7.68. The van der Waals surface area contributed by atoms with E-state index >= 15 is 0 Å². The molecule has 6 nitrogen and oxygen atoms in total. The van der Waals surface area contributed by atoms with Gasteiger partial charge < -0.3 is 13.9 Å². The van der Waals surface area contributed by atoms with Crippen LogP contribution in [0.15, 0.2) is 48.7 Å². The van der Waals surface area contributed by atoms with Crippen molar-refractivity contribution in [2.75, 3.05) is 6.61 Å². The van der Waals surface area contributed by atoms with Crippen LogP contribution in [-0.2, 0) is 11.8 Å². The largest absolute Gasteiger partial charge is 0.453 e. The molecule has 0 aliphatic carbocycles. The minimum atomic E-state index is -0.639. The molecule has 0 amide bonds. The number of ketones is 2. The summed E-state index contributed by atoms with van der Waals surface area (Å²) in [5.74, 6) is -1.05. The summed E-state index contributed by atoms with van der Waals surface area (Å²) in [6.07, 6.45) is 1.56. The maximum absolute atomic E-state index is 12.6. The highest BCUT2D eigenvalue weighted by Crippen LogP contribution is 2.21. The van der Waals surface area contributed by atoms with Gasteiger partial charge in [-0.25, -0.2) is 4.79 Å². The van der Waals surface area contributed by atoms with E-state index in [0.29, 0.717) is 11.1 Å². The van der Waals surface area contributed by atoms with Gasteiger partial charge in [-0.15, -0.1) is 0 Å². The molecule has 6 heteroatoms. The number of rotatable bonds is 6. The number of para-hydroxylation sites is 1. The number of nitrogens with zero attached hydrogens (tertiary/aromatic N) is 2. The van der Waals surface area contributed by atoms with Crippen LogP contribution >= 0.6 is 0 Å². The molecule has 1 aromatic carbocycles. The quantitative estimate of drug-likeness (QED) is 0.485. The first-order valence-electron chi connectivity index (χ1n) is 8.91. The summed E-state index contributed by atoms with van der Waals surface area (Å²) in [4.78, 5) is 36.4. The van der Waals surface area contributed by atoms with Gasteiger partial charge in [0, 0.05) is 41.4 Å². The SMILES string of the molecule is CC(=O)c1cc(C(=O)OCC(=O)c2cc(C)n(-c3ccccc3)c2C)n(C)c1. The molecule has 2 heterocycles. The Morgan fingerprint density at radius 3 is 2.32 bits per heavy atom. The van der Waals surface area contributed by atoms with Gasteiger partial charge in [0.15, 0.2) is 12.4 Å². The molecular weight excluding hydrogens is 356 g/mol. The Morgan fingerprint density at radius 2 is 1.71 bits per heavy atom. The van der Waals surface area contributed by atoms with E-state index in [1.165, 1.54) is 17.6 Å². The monoisotopic (exact) mass is 378 g/mol. The van der Waals surface area contributed by atoms with E-state index in [1.807, 2.05) is 48.7 Å². The first kappa shape index (κ1) is 19.4. The van der Waals surface area contributed by atoms with Crippen molar-refractivity contribution in [3.05, 3.63) is 76.9 Å². The third-order valence-electron chi connectivity index (χ3n) is 4.70. The molecule has 0 unspecified atom stereocenters. The summed E-state index contributed by atoms with van der Waals surface area (Å²) in [6.45, 7) is 4.86. The normalized spacial score (nSPS) is 10.7. The van der Waals surface area contributed by atoms with Crippen LogP contribution < -0.4 is 0 Å². The summed E-state index contributed by atoms with van der Waals surface area (Å²) in [6, 6.07) is 13.0. The lowest BCUT2D eigenvalue weighted by Gasteiger charge is -2.09. The van der Waals surface area contributed by atoms with E-state index in [4.69, 9.17) is 4.74 Å². The van der Waals surface area contributed by atoms with Gasteiger partial charge in [-0.2, -0.15) is 0 Å². The van der Waals surface area contributed by atoms with E-state index < -0.39 is 5.97 Å². The fraction of sp³-hybridized carbons (Fsp3) is 0.227. The van der Waals surface area contributed by atoms with Gasteiger partial charge in [0.2, 0.25) is 5.78 Å². The zero-order valence-electron chi connectivity index (χ0n) is 16.4. The highest BCUT2D eigenvalue weighted by atomic mass is 16.5. The molecule has 3 aromatic rings. The number of esters is 1. The molecule has 0 aliphatic rings. The van der Waals surface area contributed by atoms with Crippen molar-refractivity contribution in [1.29, 1.82) is 0 Å². The number of carbonyl (C=O) groups is 3. The lowest BCUT2D eigenvalue weighted by Crippen LogP contribution is -2.16. The first-order valence-corrected chi connectivity index (χ1v) is 8.91. The molecule has 3 rings (SSSR count). The first-order chi connectivity index (χ1) is 13.3. The van der Waals surface area contributed by atoms with Crippen LogP contribution in [0.4, 0.5) is 0 Å². The summed E-state index contributed by atoms with van der Waals surface area (Å²) < 4.78 is 8.71. The number of hydrogen-bond donors (Lipinski definition) is 0. The average Bonchev–Trinajstić information content (AvgIpc) is 3.20. The van der Waals surface area contributed by atoms with E-state index in [-0.39, 0.29) is 23.9 Å². The molecule has 28 heavy (non-hydrogen) atoms. The summed E-state index contributed by atoms with van der Waals surface area (Å²) in [5, 5.41) is 0. The number of ether oxygens (including phenoxy) is 1. The molecule has 144 valence electrons. The van der Waals surface area contributed by atoms with E-state index in [9.17, 15) is 14.4 Å². The van der Waals surface area contributed by atoms with Crippen molar-refractivity contribution in [2.45, 2.75) is 20.8 Å². The van der Waals surface area contributed by atoms with Crippen molar-refractivity contribution in [3.8, 4) is 5.69 Å². The standard InChI is InChI=1S/C22H22N2O4/c1-14-10-19(15(2)24(14)18-8-6-5-7-9-18)21(26)13-28-22(27)20-11-17(16(3)25)12-23(20)4/h5-12H,13H2,1-4H3. The number of aromatic nitrogens is 2. The molecule has 0 atom stereocenters. The fourth-order valence-corrected chi connectivity index (χ4v) is 3.26. The number of benzene rings is 1. The van der Waals surface area contributed by atoms with Gasteiger partial charge >= 0.3 is 5.97 Å². The summed E-state index contributed by atoms with van der Waals surface area (Å²) >= 11 is 0. The van der Waals surface area contributed by atoms with E-state index in [0.717, 1.165) is 17.1 Å². The van der Waals surface area contributed by atoms with Crippen LogP contribution in [0.25, 0.3) is 5.69 Å². The van der Waals surface area contributed by atoms with E-state index in [1.54, 1.807) is 19.3 Å². The number of hydrogen-bond acceptors (Lipinski definition) is 4. The Balaban J connectivity index is 1.76. The van der Waals surface area contributed by atoms with Gasteiger partial charge in [0.1, 0.15) is 5.69 Å². The Labute approximate surface area is 163 Å². The van der Waals surface area contributed by atoms with E-state index in [2.05, 4.69) is 0 Å². The smallest absolute Gasteiger partial charge is 0.355 e. The molecule has 0 saturated carbocycles. The van der Waals surface area contributed by atoms with Gasteiger partial charge in [-0.1, -0.05) is 18.2 Å². The predicted molar refractivity (Wildman–Crippen MR) is 105 cm³/mol. The highest BCUT2D eigenvalue weighted by molar-refractivity contribution is 6.01. The zero-order chi connectivity index (χ0) is 20.4. The maximum Gasteiger partial charge on any atom is 0.355 e. The number of Topliss-reactive ketones (excluding diaryl/α,β-unsaturated/α-hetero) is 2. The molecule has 0 saturated heterocycles. The maximum atomic E-state index is 12.6. The lowest BCUT2D eigenvalue weighted by atomic mass is 10.1. The van der Waals surface area contributed by atoms with Gasteiger partial charge in [0.05, 0.1) is 0 Å². The summed E-state index contributed by atoms with van der Waals surface area (Å²) in [7, 11) is 1.65. The second-order valence-corrected chi connectivity index (χ2v) is 6.74. The molecule has 0 fully saturated rings. The molecule has 0 bridgehead atoms. The van der Waals surface area contributed by atoms with Crippen molar-refractivity contribution in [3.63, 3.8) is 0 Å². The fourth-order valence-electron chi connectivity index (χ4n) is 3.26. The minimum absolute atomic E-state index is 0.140. The third kappa shape index (κ3) is 3.67. The van der Waals surface area contributed by atoms with Crippen LogP contribution in [0.5, 0.6) is 0 Å². The van der Waals surface area contributed by atoms with Gasteiger partial charge in [-0.05, 0) is 45.0 Å². The zero-order valence-corrected chi connectivity index (χ0v) is 16.4. The molecular formula is C22H22N2O4.